The maximum absolute atomic E-state index is 15.7. The van der Waals surface area contributed by atoms with Crippen LogP contribution < -0.4 is 15.6 Å². The van der Waals surface area contributed by atoms with Gasteiger partial charge in [-0.05, 0) is 68.0 Å². The lowest BCUT2D eigenvalue weighted by Crippen LogP contribution is -2.27. The molecule has 0 saturated heterocycles. The second-order valence-corrected chi connectivity index (χ2v) is 11.6. The Hall–Kier alpha value is -4.91. The largest absolute Gasteiger partial charge is 0.493 e. The molecule has 2 aromatic heterocycles. The van der Waals surface area contributed by atoms with Crippen LogP contribution in [0.2, 0.25) is 0 Å². The molecule has 0 aliphatic heterocycles. The smallest absolute Gasteiger partial charge is 0.256 e. The van der Waals surface area contributed by atoms with Crippen LogP contribution >= 0.6 is 0 Å². The molecule has 0 bridgehead atoms. The summed E-state index contributed by atoms with van der Waals surface area (Å²) in [5.41, 5.74) is 6.57. The van der Waals surface area contributed by atoms with E-state index in [0.717, 1.165) is 18.4 Å². The van der Waals surface area contributed by atoms with Gasteiger partial charge in [0, 0.05) is 36.4 Å². The fourth-order valence-electron chi connectivity index (χ4n) is 6.33. The van der Waals surface area contributed by atoms with Gasteiger partial charge in [-0.2, -0.15) is 0 Å². The third-order valence-corrected chi connectivity index (χ3v) is 8.58. The van der Waals surface area contributed by atoms with Crippen molar-refractivity contribution in [2.75, 3.05) is 13.2 Å². The number of fused-ring (bicyclic) bond motifs is 3. The second kappa shape index (κ2) is 13.6. The summed E-state index contributed by atoms with van der Waals surface area (Å²) in [4.78, 5) is 13.1. The van der Waals surface area contributed by atoms with Crippen molar-refractivity contribution >= 4 is 22.3 Å². The Bertz CT molecular complexity index is 1980. The molecule has 46 heavy (non-hydrogen) atoms. The van der Waals surface area contributed by atoms with Gasteiger partial charge in [-0.3, -0.25) is 9.20 Å². The Morgan fingerprint density at radius 1 is 1.04 bits per heavy atom. The zero-order chi connectivity index (χ0) is 32.2. The average molecular weight is 622 g/mol. The second-order valence-electron chi connectivity index (χ2n) is 11.6. The molecule has 0 spiro atoms. The third-order valence-electron chi connectivity index (χ3n) is 8.58. The van der Waals surface area contributed by atoms with Gasteiger partial charge in [0.25, 0.3) is 5.56 Å². The minimum atomic E-state index is -0.578. The normalized spacial score (nSPS) is 14.0. The number of imidazole rings is 1. The highest BCUT2D eigenvalue weighted by Crippen LogP contribution is 2.32. The average Bonchev–Trinajstić information content (AvgIpc) is 3.68. The first-order valence-electron chi connectivity index (χ1n) is 15.6. The van der Waals surface area contributed by atoms with Crippen molar-refractivity contribution in [1.29, 1.82) is 0 Å². The van der Waals surface area contributed by atoms with Crippen LogP contribution in [0.15, 0.2) is 108 Å². The van der Waals surface area contributed by atoms with E-state index in [9.17, 15) is 9.18 Å². The van der Waals surface area contributed by atoms with E-state index in [1.54, 1.807) is 35.9 Å². The Labute approximate surface area is 266 Å². The van der Waals surface area contributed by atoms with Crippen LogP contribution in [-0.4, -0.2) is 28.2 Å². The number of ether oxygens (including phenoxy) is 2. The molecule has 1 aliphatic carbocycles. The molecule has 236 valence electrons. The highest BCUT2D eigenvalue weighted by Gasteiger charge is 2.23. The van der Waals surface area contributed by atoms with Gasteiger partial charge in [-0.1, -0.05) is 55.6 Å². The zero-order valence-corrected chi connectivity index (χ0v) is 25.9. The molecular weight excluding hydrogens is 584 g/mol. The number of aromatic nitrogens is 2. The number of benzene rings is 3. The van der Waals surface area contributed by atoms with Gasteiger partial charge in [0.2, 0.25) is 0 Å². The van der Waals surface area contributed by atoms with Crippen LogP contribution in [0.5, 0.6) is 5.75 Å². The molecule has 6 rings (SSSR count). The number of aryl methyl sites for hydroxylation is 1. The lowest BCUT2D eigenvalue weighted by atomic mass is 9.99. The van der Waals surface area contributed by atoms with Gasteiger partial charge in [-0.15, -0.1) is 5.73 Å². The molecule has 1 saturated carbocycles. The number of hydrogen-bond donors (Lipinski definition) is 1. The minimum absolute atomic E-state index is 0.146. The molecule has 1 fully saturated rings. The molecule has 5 aromatic rings. The Morgan fingerprint density at radius 3 is 2.50 bits per heavy atom. The number of hydrogen-bond acceptors (Lipinski definition) is 4. The van der Waals surface area contributed by atoms with Gasteiger partial charge in [0.05, 0.1) is 24.3 Å². The van der Waals surface area contributed by atoms with Gasteiger partial charge in [0.1, 0.15) is 28.5 Å². The fourth-order valence-corrected chi connectivity index (χ4v) is 6.33. The summed E-state index contributed by atoms with van der Waals surface area (Å²) in [6, 6.07) is 22.0. The summed E-state index contributed by atoms with van der Waals surface area (Å²) in [6.07, 6.45) is 5.36. The van der Waals surface area contributed by atoms with E-state index in [-0.39, 0.29) is 29.0 Å². The van der Waals surface area contributed by atoms with Crippen molar-refractivity contribution in [3.63, 3.8) is 0 Å². The van der Waals surface area contributed by atoms with E-state index >= 15 is 4.39 Å². The van der Waals surface area contributed by atoms with Crippen LogP contribution in [0.3, 0.4) is 0 Å². The topological polar surface area (TPSA) is 56.9 Å². The number of halogens is 2. The summed E-state index contributed by atoms with van der Waals surface area (Å²) >= 11 is 0. The Kier molecular flexibility index (Phi) is 9.20. The summed E-state index contributed by atoms with van der Waals surface area (Å²) in [7, 11) is 1.77. The van der Waals surface area contributed by atoms with E-state index in [0.29, 0.717) is 58.9 Å². The lowest BCUT2D eigenvalue weighted by Gasteiger charge is -2.25. The summed E-state index contributed by atoms with van der Waals surface area (Å²) in [5.74, 6) is 0.125. The van der Waals surface area contributed by atoms with Crippen molar-refractivity contribution in [2.24, 2.45) is 7.05 Å². The molecule has 1 atom stereocenters. The number of nitrogens with zero attached hydrogens (tertiary/aromatic N) is 2. The molecule has 2 heterocycles. The van der Waals surface area contributed by atoms with Crippen molar-refractivity contribution in [1.82, 2.24) is 14.3 Å². The van der Waals surface area contributed by atoms with Gasteiger partial charge in [0.15, 0.2) is 5.82 Å². The highest BCUT2D eigenvalue weighted by molar-refractivity contribution is 5.91. The number of pyridine rings is 1. The number of rotatable bonds is 12. The summed E-state index contributed by atoms with van der Waals surface area (Å²) in [6.45, 7) is 9.05. The van der Waals surface area contributed by atoms with Crippen molar-refractivity contribution in [3.05, 3.63) is 142 Å². The predicted molar refractivity (Wildman–Crippen MR) is 178 cm³/mol. The van der Waals surface area contributed by atoms with Crippen molar-refractivity contribution in [2.45, 2.75) is 44.2 Å². The molecule has 0 unspecified atom stereocenters. The predicted octanol–water partition coefficient (Wildman–Crippen LogP) is 7.86. The minimum Gasteiger partial charge on any atom is -0.493 e. The fraction of sp³-hybridized carbons (Fsp3) is 0.263. The van der Waals surface area contributed by atoms with E-state index in [1.807, 2.05) is 18.2 Å². The molecule has 3 aromatic carbocycles. The van der Waals surface area contributed by atoms with Gasteiger partial charge >= 0.3 is 0 Å². The van der Waals surface area contributed by atoms with Crippen LogP contribution in [0.25, 0.3) is 22.3 Å². The molecule has 8 heteroatoms. The zero-order valence-electron chi connectivity index (χ0n) is 25.9. The van der Waals surface area contributed by atoms with Gasteiger partial charge in [-0.25, -0.2) is 8.78 Å². The van der Waals surface area contributed by atoms with E-state index in [2.05, 4.69) is 36.3 Å². The molecular formula is C38H37F2N3O3. The molecule has 1 N–H and O–H groups in total. The maximum Gasteiger partial charge on any atom is 0.256 e. The summed E-state index contributed by atoms with van der Waals surface area (Å²) < 4.78 is 44.7. The van der Waals surface area contributed by atoms with Crippen molar-refractivity contribution < 1.29 is 18.3 Å². The van der Waals surface area contributed by atoms with Crippen LogP contribution in [-0.2, 0) is 11.8 Å². The van der Waals surface area contributed by atoms with Crippen LogP contribution in [0.4, 0.5) is 8.78 Å². The van der Waals surface area contributed by atoms with Gasteiger partial charge < -0.3 is 19.4 Å². The molecule has 0 radical (unpaired) electrons. The van der Waals surface area contributed by atoms with Crippen LogP contribution in [0.1, 0.15) is 54.8 Å². The number of nitrogens with one attached hydrogen (secondary N) is 1. The first-order valence-corrected chi connectivity index (χ1v) is 15.6. The molecule has 6 nitrogen and oxygen atoms in total. The first kappa shape index (κ1) is 31.1. The quantitative estimate of drug-likeness (QED) is 0.0876. The highest BCUT2D eigenvalue weighted by atomic mass is 19.1. The summed E-state index contributed by atoms with van der Waals surface area (Å²) in [5, 5.41) is 3.55. The lowest BCUT2D eigenvalue weighted by molar-refractivity contribution is 0.105. The molecule has 0 amide bonds. The monoisotopic (exact) mass is 621 g/mol. The molecule has 1 aliphatic rings. The SMILES string of the molecule is C=C=C(c1ccc(F)cc1)c1ccc(=O)n2c3c(F)cc(OCCCN[C@H](C(=C)OC4CCCC4)c4ccccc4)cc3n(C)c12. The standard InChI is InChI=1S/C38H37F2N3O3/c1-4-31(26-15-17-28(39)18-16-26)32-19-20-35(44)43-37-33(40)23-30(24-34(37)42(3)38(32)43)45-22-10-21-41-36(27-11-6-5-7-12-27)25(2)46-29-13-8-9-14-29/h5-7,11-12,15-20,23-24,29,36,41H,1-2,8-10,13-14,21-22H2,3H3/t36-/m1/s1. The van der Waals surface area contributed by atoms with E-state index in [4.69, 9.17) is 9.47 Å². The maximum atomic E-state index is 15.7. The first-order chi connectivity index (χ1) is 22.4. The van der Waals surface area contributed by atoms with E-state index in [1.165, 1.54) is 41.5 Å². The third kappa shape index (κ3) is 6.27. The Morgan fingerprint density at radius 2 is 1.78 bits per heavy atom. The van der Waals surface area contributed by atoms with Crippen LogP contribution in [0, 0.1) is 11.6 Å². The van der Waals surface area contributed by atoms with E-state index < -0.39 is 5.82 Å². The van der Waals surface area contributed by atoms with Crippen molar-refractivity contribution in [3.8, 4) is 5.75 Å². The Balaban J connectivity index is 1.20.